The van der Waals surface area contributed by atoms with Gasteiger partial charge >= 0.3 is 6.09 Å². The van der Waals surface area contributed by atoms with E-state index in [0.717, 1.165) is 30.2 Å². The summed E-state index contributed by atoms with van der Waals surface area (Å²) in [4.78, 5) is 16.2. The third-order valence-corrected chi connectivity index (χ3v) is 3.93. The van der Waals surface area contributed by atoms with Crippen LogP contribution in [-0.2, 0) is 4.74 Å². The van der Waals surface area contributed by atoms with Gasteiger partial charge in [0.25, 0.3) is 0 Å². The zero-order valence-electron chi connectivity index (χ0n) is 16.3. The van der Waals surface area contributed by atoms with E-state index in [0.29, 0.717) is 19.1 Å². The zero-order valence-corrected chi connectivity index (χ0v) is 16.3. The van der Waals surface area contributed by atoms with Crippen LogP contribution < -0.4 is 15.0 Å². The smallest absolute Gasteiger partial charge is 0.410 e. The fourth-order valence-electron chi connectivity index (χ4n) is 2.78. The lowest BCUT2D eigenvalue weighted by atomic mass is 10.2. The highest BCUT2D eigenvalue weighted by Gasteiger charge is 2.26. The van der Waals surface area contributed by atoms with Crippen molar-refractivity contribution in [3.63, 3.8) is 0 Å². The molecule has 0 unspecified atom stereocenters. The SMILES string of the molecule is COc1cc(N2CCN(C(=O)OC(C)(C)C)CC2)ccc1NC(C)C. The maximum Gasteiger partial charge on any atom is 0.410 e. The van der Waals surface area contributed by atoms with E-state index in [-0.39, 0.29) is 6.09 Å². The minimum Gasteiger partial charge on any atom is -0.495 e. The highest BCUT2D eigenvalue weighted by atomic mass is 16.6. The van der Waals surface area contributed by atoms with E-state index >= 15 is 0 Å². The van der Waals surface area contributed by atoms with Crippen molar-refractivity contribution in [2.45, 2.75) is 46.3 Å². The zero-order chi connectivity index (χ0) is 18.6. The molecule has 1 fully saturated rings. The van der Waals surface area contributed by atoms with Crippen molar-refractivity contribution < 1.29 is 14.3 Å². The number of ether oxygens (including phenoxy) is 2. The Kier molecular flexibility index (Phi) is 6.03. The first-order chi connectivity index (χ1) is 11.7. The molecule has 1 heterocycles. The first-order valence-electron chi connectivity index (χ1n) is 8.87. The van der Waals surface area contributed by atoms with Crippen molar-refractivity contribution in [1.29, 1.82) is 0 Å². The van der Waals surface area contributed by atoms with Crippen LogP contribution in [0.15, 0.2) is 18.2 Å². The summed E-state index contributed by atoms with van der Waals surface area (Å²) in [6.45, 7) is 12.7. The van der Waals surface area contributed by atoms with E-state index in [4.69, 9.17) is 9.47 Å². The number of carbonyl (C=O) groups is 1. The number of methoxy groups -OCH3 is 1. The van der Waals surface area contributed by atoms with Crippen LogP contribution in [0.2, 0.25) is 0 Å². The van der Waals surface area contributed by atoms with Crippen LogP contribution in [0, 0.1) is 0 Å². The van der Waals surface area contributed by atoms with Gasteiger partial charge in [-0.2, -0.15) is 0 Å². The number of nitrogens with one attached hydrogen (secondary N) is 1. The molecule has 0 radical (unpaired) electrons. The molecule has 2 rings (SSSR count). The summed E-state index contributed by atoms with van der Waals surface area (Å²) in [5.41, 5.74) is 1.64. The number of rotatable bonds is 4. The van der Waals surface area contributed by atoms with Crippen LogP contribution in [0.1, 0.15) is 34.6 Å². The van der Waals surface area contributed by atoms with Crippen LogP contribution >= 0.6 is 0 Å². The summed E-state index contributed by atoms with van der Waals surface area (Å²) in [6, 6.07) is 6.54. The quantitative estimate of drug-likeness (QED) is 0.900. The Morgan fingerprint density at radius 3 is 2.32 bits per heavy atom. The largest absolute Gasteiger partial charge is 0.495 e. The molecule has 1 saturated heterocycles. The van der Waals surface area contributed by atoms with Gasteiger partial charge in [0.1, 0.15) is 11.4 Å². The van der Waals surface area contributed by atoms with Gasteiger partial charge < -0.3 is 24.6 Å². The molecule has 140 valence electrons. The summed E-state index contributed by atoms with van der Waals surface area (Å²) in [7, 11) is 1.69. The van der Waals surface area contributed by atoms with Gasteiger partial charge in [-0.3, -0.25) is 0 Å². The topological polar surface area (TPSA) is 54.0 Å². The van der Waals surface area contributed by atoms with Gasteiger partial charge in [0, 0.05) is 44.0 Å². The fraction of sp³-hybridized carbons (Fsp3) is 0.632. The number of benzene rings is 1. The molecule has 0 aromatic heterocycles. The van der Waals surface area contributed by atoms with E-state index in [1.807, 2.05) is 26.8 Å². The van der Waals surface area contributed by atoms with Crippen molar-refractivity contribution in [3.05, 3.63) is 18.2 Å². The van der Waals surface area contributed by atoms with Crippen LogP contribution in [0.5, 0.6) is 5.75 Å². The van der Waals surface area contributed by atoms with E-state index < -0.39 is 5.60 Å². The molecule has 0 atom stereocenters. The Morgan fingerprint density at radius 1 is 1.16 bits per heavy atom. The fourth-order valence-corrected chi connectivity index (χ4v) is 2.78. The summed E-state index contributed by atoms with van der Waals surface area (Å²) in [5.74, 6) is 0.834. The lowest BCUT2D eigenvalue weighted by molar-refractivity contribution is 0.0240. The van der Waals surface area contributed by atoms with Crippen molar-refractivity contribution in [3.8, 4) is 5.75 Å². The minimum atomic E-state index is -0.458. The molecular weight excluding hydrogens is 318 g/mol. The van der Waals surface area contributed by atoms with E-state index in [2.05, 4.69) is 36.2 Å². The molecule has 1 aromatic rings. The highest BCUT2D eigenvalue weighted by molar-refractivity contribution is 5.69. The standard InChI is InChI=1S/C19H31N3O3/c1-14(2)20-16-8-7-15(13-17(16)24-6)21-9-11-22(12-10-21)18(23)25-19(3,4)5/h7-8,13-14,20H,9-12H2,1-6H3. The lowest BCUT2D eigenvalue weighted by Gasteiger charge is -2.37. The van der Waals surface area contributed by atoms with E-state index in [1.165, 1.54) is 0 Å². The maximum absolute atomic E-state index is 12.2. The number of amides is 1. The van der Waals surface area contributed by atoms with Gasteiger partial charge in [-0.05, 0) is 46.8 Å². The number of hydrogen-bond donors (Lipinski definition) is 1. The summed E-state index contributed by atoms with van der Waals surface area (Å²) in [5, 5.41) is 3.39. The van der Waals surface area contributed by atoms with Crippen molar-refractivity contribution in [1.82, 2.24) is 4.90 Å². The molecule has 1 aliphatic rings. The first kappa shape index (κ1) is 19.2. The van der Waals surface area contributed by atoms with Crippen molar-refractivity contribution >= 4 is 17.5 Å². The Labute approximate surface area is 151 Å². The van der Waals surface area contributed by atoms with Crippen LogP contribution in [-0.4, -0.2) is 55.9 Å². The molecule has 25 heavy (non-hydrogen) atoms. The van der Waals surface area contributed by atoms with Gasteiger partial charge in [0.15, 0.2) is 0 Å². The third kappa shape index (κ3) is 5.44. The predicted molar refractivity (Wildman–Crippen MR) is 102 cm³/mol. The normalized spacial score (nSPS) is 15.3. The van der Waals surface area contributed by atoms with Gasteiger partial charge in [-0.15, -0.1) is 0 Å². The Morgan fingerprint density at radius 2 is 1.80 bits per heavy atom. The molecule has 0 spiro atoms. The summed E-state index contributed by atoms with van der Waals surface area (Å²) < 4.78 is 11.0. The Bertz CT molecular complexity index is 588. The molecule has 1 aliphatic heterocycles. The summed E-state index contributed by atoms with van der Waals surface area (Å²) >= 11 is 0. The van der Waals surface area contributed by atoms with Crippen LogP contribution in [0.3, 0.4) is 0 Å². The average Bonchev–Trinajstić information content (AvgIpc) is 2.53. The Balaban J connectivity index is 1.99. The summed E-state index contributed by atoms with van der Waals surface area (Å²) in [6.07, 6.45) is -0.235. The van der Waals surface area contributed by atoms with Gasteiger partial charge in [0.2, 0.25) is 0 Å². The average molecular weight is 349 g/mol. The molecule has 0 aliphatic carbocycles. The molecule has 1 amide bonds. The van der Waals surface area contributed by atoms with Crippen molar-refractivity contribution in [2.24, 2.45) is 0 Å². The van der Waals surface area contributed by atoms with Gasteiger partial charge in [-0.1, -0.05) is 0 Å². The lowest BCUT2D eigenvalue weighted by Crippen LogP contribution is -2.50. The number of carbonyl (C=O) groups excluding carboxylic acids is 1. The maximum atomic E-state index is 12.2. The number of piperazine rings is 1. The second-order valence-electron chi connectivity index (χ2n) is 7.64. The molecule has 6 nitrogen and oxygen atoms in total. The van der Waals surface area contributed by atoms with Gasteiger partial charge in [0.05, 0.1) is 12.8 Å². The number of hydrogen-bond acceptors (Lipinski definition) is 5. The van der Waals surface area contributed by atoms with E-state index in [1.54, 1.807) is 12.0 Å². The predicted octanol–water partition coefficient (Wildman–Crippen LogP) is 3.57. The molecule has 1 N–H and O–H groups in total. The first-order valence-corrected chi connectivity index (χ1v) is 8.87. The third-order valence-electron chi connectivity index (χ3n) is 3.93. The van der Waals surface area contributed by atoms with Crippen molar-refractivity contribution in [2.75, 3.05) is 43.5 Å². The highest BCUT2D eigenvalue weighted by Crippen LogP contribution is 2.31. The second-order valence-corrected chi connectivity index (χ2v) is 7.64. The van der Waals surface area contributed by atoms with Gasteiger partial charge in [-0.25, -0.2) is 4.79 Å². The molecule has 0 bridgehead atoms. The molecule has 1 aromatic carbocycles. The molecule has 0 saturated carbocycles. The second kappa shape index (κ2) is 7.85. The number of anilines is 2. The Hall–Kier alpha value is -2.11. The molecule has 6 heteroatoms. The van der Waals surface area contributed by atoms with Crippen LogP contribution in [0.25, 0.3) is 0 Å². The van der Waals surface area contributed by atoms with Crippen LogP contribution in [0.4, 0.5) is 16.2 Å². The monoisotopic (exact) mass is 349 g/mol. The van der Waals surface area contributed by atoms with E-state index in [9.17, 15) is 4.79 Å². The number of nitrogens with zero attached hydrogens (tertiary/aromatic N) is 2. The molecular formula is C19H31N3O3. The minimum absolute atomic E-state index is 0.235.